The van der Waals surface area contributed by atoms with Gasteiger partial charge in [0.25, 0.3) is 0 Å². The van der Waals surface area contributed by atoms with Crippen LogP contribution in [-0.4, -0.2) is 54.0 Å². The van der Waals surface area contributed by atoms with Crippen molar-refractivity contribution in [2.45, 2.75) is 12.5 Å². The maximum absolute atomic E-state index is 6.06. The Kier molecular flexibility index (Phi) is 4.98. The number of pyridine rings is 1. The molecule has 154 valence electrons. The first-order valence-electron chi connectivity index (χ1n) is 10.2. The zero-order chi connectivity index (χ0) is 20.5. The molecular weight excluding hydrogens is 378 g/mol. The fourth-order valence-electron chi connectivity index (χ4n) is 3.96. The van der Waals surface area contributed by atoms with Gasteiger partial charge in [0.15, 0.2) is 0 Å². The fraction of sp³-hybridized carbons (Fsp3) is 0.304. The monoisotopic (exact) mass is 403 g/mol. The van der Waals surface area contributed by atoms with Crippen molar-refractivity contribution in [3.05, 3.63) is 54.9 Å². The second kappa shape index (κ2) is 7.93. The lowest BCUT2D eigenvalue weighted by Gasteiger charge is -2.18. The van der Waals surface area contributed by atoms with Crippen molar-refractivity contribution in [2.75, 3.05) is 38.3 Å². The zero-order valence-corrected chi connectivity index (χ0v) is 17.0. The molecule has 2 aromatic carbocycles. The van der Waals surface area contributed by atoms with E-state index in [2.05, 4.69) is 34.1 Å². The van der Waals surface area contributed by atoms with E-state index in [9.17, 15) is 0 Å². The van der Waals surface area contributed by atoms with Crippen molar-refractivity contribution in [1.29, 1.82) is 0 Å². The Morgan fingerprint density at radius 2 is 2.00 bits per heavy atom. The van der Waals surface area contributed by atoms with Gasteiger partial charge in [-0.2, -0.15) is 0 Å². The van der Waals surface area contributed by atoms with Crippen LogP contribution >= 0.6 is 0 Å². The van der Waals surface area contributed by atoms with Crippen LogP contribution in [-0.2, 0) is 4.74 Å². The van der Waals surface area contributed by atoms with Crippen LogP contribution in [0.15, 0.2) is 54.9 Å². The summed E-state index contributed by atoms with van der Waals surface area (Å²) in [6.07, 6.45) is 2.85. The van der Waals surface area contributed by atoms with Gasteiger partial charge in [-0.3, -0.25) is 4.57 Å². The molecule has 1 aliphatic rings. The summed E-state index contributed by atoms with van der Waals surface area (Å²) in [5.41, 5.74) is 10.1. The van der Waals surface area contributed by atoms with Gasteiger partial charge in [0.2, 0.25) is 0 Å². The van der Waals surface area contributed by atoms with Crippen LogP contribution in [0.25, 0.3) is 27.8 Å². The number of nitrogens with two attached hydrogens (primary N) is 1. The maximum Gasteiger partial charge on any atom is 0.139 e. The molecule has 7 heteroatoms. The van der Waals surface area contributed by atoms with Crippen molar-refractivity contribution in [1.82, 2.24) is 14.5 Å². The number of fused-ring (bicyclic) bond motifs is 2. The molecule has 3 heterocycles. The van der Waals surface area contributed by atoms with Crippen molar-refractivity contribution in [3.8, 4) is 11.6 Å². The van der Waals surface area contributed by atoms with Gasteiger partial charge < -0.3 is 20.1 Å². The van der Waals surface area contributed by atoms with Gasteiger partial charge in [0, 0.05) is 43.4 Å². The minimum atomic E-state index is 0.265. The molecular formula is C23H25N5O2. The molecule has 5 rings (SSSR count). The molecule has 30 heavy (non-hydrogen) atoms. The summed E-state index contributed by atoms with van der Waals surface area (Å²) in [5.74, 6) is 1.62. The number of benzene rings is 2. The number of aromatic nitrogens is 3. The molecule has 0 aliphatic carbocycles. The number of hydrogen-bond acceptors (Lipinski definition) is 6. The molecule has 1 fully saturated rings. The van der Waals surface area contributed by atoms with Crippen LogP contribution < -0.4 is 15.4 Å². The highest BCUT2D eigenvalue weighted by Gasteiger charge is 2.19. The Hall–Kier alpha value is -3.16. The number of nitrogens with zero attached hydrogens (tertiary/aromatic N) is 4. The lowest BCUT2D eigenvalue weighted by Crippen LogP contribution is -2.26. The van der Waals surface area contributed by atoms with E-state index >= 15 is 0 Å². The molecule has 2 aromatic heterocycles. The summed E-state index contributed by atoms with van der Waals surface area (Å²) in [7, 11) is 1.66. The van der Waals surface area contributed by atoms with E-state index in [0.717, 1.165) is 53.0 Å². The Labute approximate surface area is 175 Å². The van der Waals surface area contributed by atoms with Crippen LogP contribution in [0.1, 0.15) is 6.42 Å². The number of ether oxygens (including phenoxy) is 2. The van der Waals surface area contributed by atoms with E-state index in [0.29, 0.717) is 13.2 Å². The fourth-order valence-corrected chi connectivity index (χ4v) is 3.96. The number of rotatable bonds is 6. The van der Waals surface area contributed by atoms with Crippen LogP contribution in [0.5, 0.6) is 5.75 Å². The van der Waals surface area contributed by atoms with Gasteiger partial charge in [-0.1, -0.05) is 0 Å². The van der Waals surface area contributed by atoms with Crippen molar-refractivity contribution < 1.29 is 9.47 Å². The quantitative estimate of drug-likeness (QED) is 0.499. The largest absolute Gasteiger partial charge is 0.491 e. The second-order valence-corrected chi connectivity index (χ2v) is 7.65. The lowest BCUT2D eigenvalue weighted by atomic mass is 10.2. The highest BCUT2D eigenvalue weighted by atomic mass is 16.5. The van der Waals surface area contributed by atoms with Crippen LogP contribution in [0.2, 0.25) is 0 Å². The summed E-state index contributed by atoms with van der Waals surface area (Å²) in [4.78, 5) is 11.7. The smallest absolute Gasteiger partial charge is 0.139 e. The Bertz CT molecular complexity index is 1190. The molecule has 0 bridgehead atoms. The third-order valence-electron chi connectivity index (χ3n) is 5.57. The second-order valence-electron chi connectivity index (χ2n) is 7.65. The van der Waals surface area contributed by atoms with Gasteiger partial charge >= 0.3 is 0 Å². The number of imidazole rings is 1. The van der Waals surface area contributed by atoms with Gasteiger partial charge in [-0.05, 0) is 48.9 Å². The van der Waals surface area contributed by atoms with Gasteiger partial charge in [-0.25, -0.2) is 9.97 Å². The molecule has 0 radical (unpaired) electrons. The Morgan fingerprint density at radius 3 is 2.83 bits per heavy atom. The summed E-state index contributed by atoms with van der Waals surface area (Å²) in [6, 6.07) is 16.7. The molecule has 2 N–H and O–H groups in total. The van der Waals surface area contributed by atoms with Gasteiger partial charge in [0.1, 0.15) is 24.5 Å². The molecule has 7 nitrogen and oxygen atoms in total. The van der Waals surface area contributed by atoms with E-state index < -0.39 is 0 Å². The predicted molar refractivity (Wildman–Crippen MR) is 119 cm³/mol. The zero-order valence-electron chi connectivity index (χ0n) is 17.0. The van der Waals surface area contributed by atoms with Crippen LogP contribution in [0.3, 0.4) is 0 Å². The summed E-state index contributed by atoms with van der Waals surface area (Å²) < 4.78 is 12.7. The van der Waals surface area contributed by atoms with Crippen LogP contribution in [0, 0.1) is 0 Å². The molecule has 1 atom stereocenters. The average Bonchev–Trinajstić information content (AvgIpc) is 3.39. The SMILES string of the molecule is COCCOc1ccc2c(c1)ncn2-c1ccc2cc(N3CC[C@@H](N)C3)ccc2n1. The number of methoxy groups -OCH3 is 1. The first kappa shape index (κ1) is 18.8. The third kappa shape index (κ3) is 3.58. The Morgan fingerprint density at radius 1 is 1.07 bits per heavy atom. The molecule has 0 amide bonds. The van der Waals surface area contributed by atoms with Crippen molar-refractivity contribution >= 4 is 27.6 Å². The minimum Gasteiger partial charge on any atom is -0.491 e. The van der Waals surface area contributed by atoms with E-state index in [1.165, 1.54) is 5.69 Å². The normalized spacial score (nSPS) is 16.6. The first-order chi connectivity index (χ1) is 14.7. The topological polar surface area (TPSA) is 78.4 Å². The average molecular weight is 403 g/mol. The van der Waals surface area contributed by atoms with Crippen molar-refractivity contribution in [2.24, 2.45) is 5.73 Å². The molecule has 0 saturated carbocycles. The molecule has 4 aromatic rings. The highest BCUT2D eigenvalue weighted by Crippen LogP contribution is 2.26. The summed E-state index contributed by atoms with van der Waals surface area (Å²) in [6.45, 7) is 2.99. The summed E-state index contributed by atoms with van der Waals surface area (Å²) in [5, 5.41) is 1.12. The van der Waals surface area contributed by atoms with Gasteiger partial charge in [-0.15, -0.1) is 0 Å². The summed E-state index contributed by atoms with van der Waals surface area (Å²) >= 11 is 0. The van der Waals surface area contributed by atoms with E-state index in [1.807, 2.05) is 28.8 Å². The predicted octanol–water partition coefficient (Wildman–Crippen LogP) is 3.14. The maximum atomic E-state index is 6.06. The lowest BCUT2D eigenvalue weighted by molar-refractivity contribution is 0.146. The third-order valence-corrected chi connectivity index (χ3v) is 5.57. The molecule has 0 spiro atoms. The minimum absolute atomic E-state index is 0.265. The molecule has 1 aliphatic heterocycles. The molecule has 0 unspecified atom stereocenters. The first-order valence-corrected chi connectivity index (χ1v) is 10.2. The van der Waals surface area contributed by atoms with Gasteiger partial charge in [0.05, 0.1) is 23.2 Å². The highest BCUT2D eigenvalue weighted by molar-refractivity contribution is 5.84. The Balaban J connectivity index is 1.43. The van der Waals surface area contributed by atoms with Crippen LogP contribution in [0.4, 0.5) is 5.69 Å². The van der Waals surface area contributed by atoms with E-state index in [4.69, 9.17) is 20.2 Å². The van der Waals surface area contributed by atoms with E-state index in [1.54, 1.807) is 13.4 Å². The van der Waals surface area contributed by atoms with Crippen molar-refractivity contribution in [3.63, 3.8) is 0 Å². The number of hydrogen-bond donors (Lipinski definition) is 1. The molecule has 1 saturated heterocycles. The standard InChI is InChI=1S/C23H25N5O2/c1-29-10-11-30-19-4-6-22-21(13-19)25-15-28(22)23-7-2-16-12-18(3-5-20(16)26-23)27-9-8-17(24)14-27/h2-7,12-13,15,17H,8-11,14,24H2,1H3/t17-/m1/s1. The number of anilines is 1. The van der Waals surface area contributed by atoms with E-state index in [-0.39, 0.29) is 6.04 Å².